The minimum absolute atomic E-state index is 0.107. The Hall–Kier alpha value is -2.01. The van der Waals surface area contributed by atoms with E-state index in [1.165, 1.54) is 12.3 Å². The number of hydrazone groups is 1. The Balaban J connectivity index is 2.16. The van der Waals surface area contributed by atoms with E-state index in [0.717, 1.165) is 23.3 Å². The lowest BCUT2D eigenvalue weighted by molar-refractivity contribution is -0.137. The minimum Gasteiger partial charge on any atom is -0.277 e. The van der Waals surface area contributed by atoms with Crippen LogP contribution in [0.1, 0.15) is 16.7 Å². The highest BCUT2D eigenvalue weighted by Crippen LogP contribution is 2.33. The zero-order valence-corrected chi connectivity index (χ0v) is 11.8. The van der Waals surface area contributed by atoms with E-state index in [1.807, 2.05) is 31.2 Å². The Labute approximate surface area is 125 Å². The molecule has 2 aromatic rings. The van der Waals surface area contributed by atoms with Crippen molar-refractivity contribution >= 4 is 23.5 Å². The van der Waals surface area contributed by atoms with E-state index in [2.05, 4.69) is 10.5 Å². The predicted octanol–water partition coefficient (Wildman–Crippen LogP) is 5.11. The lowest BCUT2D eigenvalue weighted by Gasteiger charge is -2.09. The Kier molecular flexibility index (Phi) is 4.53. The fourth-order valence-electron chi connectivity index (χ4n) is 1.71. The Bertz CT molecular complexity index is 666. The van der Waals surface area contributed by atoms with Gasteiger partial charge < -0.3 is 0 Å². The molecule has 0 unspecified atom stereocenters. The van der Waals surface area contributed by atoms with Crippen molar-refractivity contribution in [2.24, 2.45) is 5.10 Å². The van der Waals surface area contributed by atoms with Crippen molar-refractivity contribution in [3.05, 3.63) is 64.2 Å². The highest BCUT2D eigenvalue weighted by Gasteiger charge is 2.30. The first-order valence-electron chi connectivity index (χ1n) is 6.09. The van der Waals surface area contributed by atoms with Crippen molar-refractivity contribution in [1.82, 2.24) is 0 Å². The SMILES string of the molecule is Cc1cccc(/C=N\Nc2cc(C(F)(F)F)ccc2Cl)c1. The van der Waals surface area contributed by atoms with E-state index in [0.29, 0.717) is 0 Å². The summed E-state index contributed by atoms with van der Waals surface area (Å²) in [5.41, 5.74) is 3.76. The van der Waals surface area contributed by atoms with E-state index in [9.17, 15) is 13.2 Å². The molecule has 1 N–H and O–H groups in total. The third-order valence-electron chi connectivity index (χ3n) is 2.73. The van der Waals surface area contributed by atoms with Gasteiger partial charge in [-0.25, -0.2) is 0 Å². The number of alkyl halides is 3. The molecule has 0 heterocycles. The molecule has 0 fully saturated rings. The number of halogens is 4. The predicted molar refractivity (Wildman–Crippen MR) is 78.8 cm³/mol. The molecule has 0 saturated carbocycles. The third-order valence-corrected chi connectivity index (χ3v) is 3.06. The van der Waals surface area contributed by atoms with E-state index >= 15 is 0 Å². The van der Waals surface area contributed by atoms with Gasteiger partial charge in [-0.05, 0) is 30.7 Å². The van der Waals surface area contributed by atoms with Gasteiger partial charge in [0.15, 0.2) is 0 Å². The molecule has 2 nitrogen and oxygen atoms in total. The van der Waals surface area contributed by atoms with Gasteiger partial charge in [0, 0.05) is 0 Å². The van der Waals surface area contributed by atoms with Crippen molar-refractivity contribution in [2.75, 3.05) is 5.43 Å². The summed E-state index contributed by atoms with van der Waals surface area (Å²) in [4.78, 5) is 0. The number of hydrogen-bond donors (Lipinski definition) is 1. The average Bonchev–Trinajstić information content (AvgIpc) is 2.39. The maximum atomic E-state index is 12.6. The van der Waals surface area contributed by atoms with Crippen LogP contribution in [0.2, 0.25) is 5.02 Å². The molecule has 2 aromatic carbocycles. The summed E-state index contributed by atoms with van der Waals surface area (Å²) in [6.07, 6.45) is -2.90. The second-order valence-electron chi connectivity index (χ2n) is 4.48. The van der Waals surface area contributed by atoms with Crippen LogP contribution in [0.3, 0.4) is 0 Å². The van der Waals surface area contributed by atoms with Crippen LogP contribution in [0.15, 0.2) is 47.6 Å². The van der Waals surface area contributed by atoms with Gasteiger partial charge in [-0.2, -0.15) is 18.3 Å². The number of nitrogens with one attached hydrogen (secondary N) is 1. The van der Waals surface area contributed by atoms with Crippen LogP contribution in [0.25, 0.3) is 0 Å². The molecule has 0 aromatic heterocycles. The summed E-state index contributed by atoms with van der Waals surface area (Å²) in [6.45, 7) is 1.94. The van der Waals surface area contributed by atoms with E-state index < -0.39 is 11.7 Å². The molecule has 0 atom stereocenters. The molecule has 0 saturated heterocycles. The zero-order valence-electron chi connectivity index (χ0n) is 11.1. The average molecular weight is 313 g/mol. The number of anilines is 1. The number of nitrogens with zero attached hydrogens (tertiary/aromatic N) is 1. The summed E-state index contributed by atoms with van der Waals surface area (Å²) in [5, 5.41) is 4.08. The molecule has 0 bridgehead atoms. The monoisotopic (exact) mass is 312 g/mol. The Morgan fingerprint density at radius 3 is 2.57 bits per heavy atom. The van der Waals surface area contributed by atoms with Gasteiger partial charge in [-0.3, -0.25) is 5.43 Å². The van der Waals surface area contributed by atoms with Crippen LogP contribution in [-0.2, 0) is 6.18 Å². The van der Waals surface area contributed by atoms with Crippen molar-refractivity contribution < 1.29 is 13.2 Å². The second kappa shape index (κ2) is 6.18. The van der Waals surface area contributed by atoms with Crippen LogP contribution in [0.4, 0.5) is 18.9 Å². The standard InChI is InChI=1S/C15H12ClF3N2/c1-10-3-2-4-11(7-10)9-20-21-14-8-12(15(17,18)19)5-6-13(14)16/h2-9,21H,1H3/b20-9-. The van der Waals surface area contributed by atoms with Gasteiger partial charge in [-0.15, -0.1) is 0 Å². The minimum atomic E-state index is -4.42. The molecule has 0 radical (unpaired) electrons. The summed E-state index contributed by atoms with van der Waals surface area (Å²) in [6, 6.07) is 10.6. The number of aryl methyl sites for hydroxylation is 1. The van der Waals surface area contributed by atoms with Gasteiger partial charge in [0.25, 0.3) is 0 Å². The van der Waals surface area contributed by atoms with E-state index in [1.54, 1.807) is 0 Å². The van der Waals surface area contributed by atoms with Crippen molar-refractivity contribution in [2.45, 2.75) is 13.1 Å². The zero-order chi connectivity index (χ0) is 15.5. The molecule has 6 heteroatoms. The first kappa shape index (κ1) is 15.4. The van der Waals surface area contributed by atoms with Gasteiger partial charge in [-0.1, -0.05) is 41.4 Å². The first-order chi connectivity index (χ1) is 9.86. The maximum absolute atomic E-state index is 12.6. The molecular formula is C15H12ClF3N2. The highest BCUT2D eigenvalue weighted by atomic mass is 35.5. The van der Waals surface area contributed by atoms with Crippen molar-refractivity contribution in [3.63, 3.8) is 0 Å². The van der Waals surface area contributed by atoms with E-state index in [4.69, 9.17) is 11.6 Å². The van der Waals surface area contributed by atoms with Gasteiger partial charge in [0.2, 0.25) is 0 Å². The maximum Gasteiger partial charge on any atom is 0.416 e. The molecule has 110 valence electrons. The quantitative estimate of drug-likeness (QED) is 0.618. The molecule has 0 spiro atoms. The highest BCUT2D eigenvalue weighted by molar-refractivity contribution is 6.33. The van der Waals surface area contributed by atoms with Crippen LogP contribution < -0.4 is 5.43 Å². The third kappa shape index (κ3) is 4.23. The first-order valence-corrected chi connectivity index (χ1v) is 6.46. The van der Waals surface area contributed by atoms with Crippen LogP contribution in [0, 0.1) is 6.92 Å². The summed E-state index contributed by atoms with van der Waals surface area (Å²) < 4.78 is 37.9. The Morgan fingerprint density at radius 2 is 1.90 bits per heavy atom. The van der Waals surface area contributed by atoms with Gasteiger partial charge >= 0.3 is 6.18 Å². The van der Waals surface area contributed by atoms with E-state index in [-0.39, 0.29) is 10.7 Å². The van der Waals surface area contributed by atoms with Crippen LogP contribution >= 0.6 is 11.6 Å². The lowest BCUT2D eigenvalue weighted by atomic mass is 10.2. The second-order valence-corrected chi connectivity index (χ2v) is 4.88. The fraction of sp³-hybridized carbons (Fsp3) is 0.133. The van der Waals surface area contributed by atoms with Crippen LogP contribution in [0.5, 0.6) is 0 Å². The van der Waals surface area contributed by atoms with Gasteiger partial charge in [0.1, 0.15) is 0 Å². The Morgan fingerprint density at radius 1 is 1.14 bits per heavy atom. The number of rotatable bonds is 3. The molecule has 2 rings (SSSR count). The topological polar surface area (TPSA) is 24.4 Å². The smallest absolute Gasteiger partial charge is 0.277 e. The van der Waals surface area contributed by atoms with Crippen molar-refractivity contribution in [1.29, 1.82) is 0 Å². The molecular weight excluding hydrogens is 301 g/mol. The summed E-state index contributed by atoms with van der Waals surface area (Å²) in [5.74, 6) is 0. The lowest BCUT2D eigenvalue weighted by Crippen LogP contribution is -2.05. The number of hydrogen-bond acceptors (Lipinski definition) is 2. The van der Waals surface area contributed by atoms with Gasteiger partial charge in [0.05, 0.1) is 22.5 Å². The van der Waals surface area contributed by atoms with Crippen molar-refractivity contribution in [3.8, 4) is 0 Å². The normalized spacial score (nSPS) is 11.9. The molecule has 0 amide bonds. The number of benzene rings is 2. The summed E-state index contributed by atoms with van der Waals surface area (Å²) >= 11 is 5.85. The molecule has 21 heavy (non-hydrogen) atoms. The molecule has 0 aliphatic carbocycles. The largest absolute Gasteiger partial charge is 0.416 e. The molecule has 0 aliphatic rings. The fourth-order valence-corrected chi connectivity index (χ4v) is 1.87. The summed E-state index contributed by atoms with van der Waals surface area (Å²) in [7, 11) is 0. The molecule has 0 aliphatic heterocycles. The van der Waals surface area contributed by atoms with Crippen LogP contribution in [-0.4, -0.2) is 6.21 Å².